The number of nitrogens with two attached hydrogens (primary N) is 1. The maximum Gasteiger partial charge on any atom is 0.240 e. The van der Waals surface area contributed by atoms with Gasteiger partial charge in [-0.1, -0.05) is 32.0 Å². The maximum absolute atomic E-state index is 11.8. The van der Waals surface area contributed by atoms with E-state index in [1.54, 1.807) is 30.3 Å². The van der Waals surface area contributed by atoms with Crippen molar-refractivity contribution in [2.75, 3.05) is 6.54 Å². The molecular formula is C12H20N2O2S. The third-order valence-corrected chi connectivity index (χ3v) is 4.16. The highest BCUT2D eigenvalue weighted by molar-refractivity contribution is 7.89. The molecule has 1 unspecified atom stereocenters. The molecule has 0 heterocycles. The van der Waals surface area contributed by atoms with E-state index < -0.39 is 10.0 Å². The van der Waals surface area contributed by atoms with Crippen molar-refractivity contribution in [2.24, 2.45) is 11.7 Å². The fourth-order valence-electron chi connectivity index (χ4n) is 1.38. The molecule has 17 heavy (non-hydrogen) atoms. The molecule has 1 aromatic rings. The van der Waals surface area contributed by atoms with Crippen molar-refractivity contribution in [2.45, 2.75) is 31.2 Å². The summed E-state index contributed by atoms with van der Waals surface area (Å²) in [5.74, 6) is 0.358. The average molecular weight is 256 g/mol. The van der Waals surface area contributed by atoms with Crippen molar-refractivity contribution >= 4 is 10.0 Å². The van der Waals surface area contributed by atoms with Gasteiger partial charge in [-0.3, -0.25) is 0 Å². The Morgan fingerprint density at radius 2 is 1.82 bits per heavy atom. The van der Waals surface area contributed by atoms with Gasteiger partial charge in [-0.2, -0.15) is 0 Å². The number of nitrogens with one attached hydrogen (secondary N) is 1. The smallest absolute Gasteiger partial charge is 0.240 e. The van der Waals surface area contributed by atoms with E-state index in [0.717, 1.165) is 0 Å². The highest BCUT2D eigenvalue weighted by Gasteiger charge is 2.14. The number of benzene rings is 1. The van der Waals surface area contributed by atoms with Gasteiger partial charge in [-0.15, -0.1) is 0 Å². The predicted octanol–water partition coefficient (Wildman–Crippen LogP) is 1.34. The SMILES string of the molecule is CC(C)C(N)CCNS(=O)(=O)c1ccccc1. The van der Waals surface area contributed by atoms with Crippen LogP contribution in [0.15, 0.2) is 35.2 Å². The Labute approximate surface area is 103 Å². The van der Waals surface area contributed by atoms with Crippen LogP contribution in [0.1, 0.15) is 20.3 Å². The lowest BCUT2D eigenvalue weighted by Crippen LogP contribution is -2.33. The van der Waals surface area contributed by atoms with E-state index in [9.17, 15) is 8.42 Å². The molecule has 0 radical (unpaired) electrons. The molecule has 1 rings (SSSR count). The summed E-state index contributed by atoms with van der Waals surface area (Å²) in [4.78, 5) is 0.290. The molecule has 0 aromatic heterocycles. The molecule has 5 heteroatoms. The van der Waals surface area contributed by atoms with E-state index in [2.05, 4.69) is 4.72 Å². The zero-order chi connectivity index (χ0) is 12.9. The normalized spacial score (nSPS) is 13.9. The van der Waals surface area contributed by atoms with Crippen LogP contribution in [-0.4, -0.2) is 21.0 Å². The average Bonchev–Trinajstić information content (AvgIpc) is 2.29. The molecule has 0 spiro atoms. The fourth-order valence-corrected chi connectivity index (χ4v) is 2.44. The predicted molar refractivity (Wildman–Crippen MR) is 69.1 cm³/mol. The first-order valence-corrected chi connectivity index (χ1v) is 7.22. The quantitative estimate of drug-likeness (QED) is 0.806. The van der Waals surface area contributed by atoms with E-state index in [1.807, 2.05) is 13.8 Å². The van der Waals surface area contributed by atoms with Gasteiger partial charge in [0.2, 0.25) is 10.0 Å². The van der Waals surface area contributed by atoms with Crippen molar-refractivity contribution in [3.8, 4) is 0 Å². The molecule has 0 fully saturated rings. The summed E-state index contributed by atoms with van der Waals surface area (Å²) in [6.45, 7) is 4.42. The van der Waals surface area contributed by atoms with Crippen LogP contribution in [0.5, 0.6) is 0 Å². The molecule has 0 amide bonds. The van der Waals surface area contributed by atoms with Gasteiger partial charge in [0.15, 0.2) is 0 Å². The van der Waals surface area contributed by atoms with Crippen LogP contribution in [0, 0.1) is 5.92 Å². The molecule has 0 bridgehead atoms. The van der Waals surface area contributed by atoms with E-state index in [1.165, 1.54) is 0 Å². The molecule has 1 aromatic carbocycles. The Morgan fingerprint density at radius 3 is 2.35 bits per heavy atom. The largest absolute Gasteiger partial charge is 0.327 e. The second-order valence-corrected chi connectivity index (χ2v) is 6.17. The van der Waals surface area contributed by atoms with Crippen molar-refractivity contribution in [1.82, 2.24) is 4.72 Å². The second-order valence-electron chi connectivity index (χ2n) is 4.41. The van der Waals surface area contributed by atoms with Gasteiger partial charge in [0, 0.05) is 12.6 Å². The summed E-state index contributed by atoms with van der Waals surface area (Å²) in [6, 6.07) is 8.36. The van der Waals surface area contributed by atoms with Crippen LogP contribution in [-0.2, 0) is 10.0 Å². The third kappa shape index (κ3) is 4.46. The van der Waals surface area contributed by atoms with Crippen molar-refractivity contribution in [3.05, 3.63) is 30.3 Å². The van der Waals surface area contributed by atoms with Crippen LogP contribution in [0.25, 0.3) is 0 Å². The van der Waals surface area contributed by atoms with Crippen LogP contribution >= 0.6 is 0 Å². The number of sulfonamides is 1. The first-order valence-electron chi connectivity index (χ1n) is 5.74. The standard InChI is InChI=1S/C12H20N2O2S/c1-10(2)12(13)8-9-14-17(15,16)11-6-4-3-5-7-11/h3-7,10,12,14H,8-9,13H2,1-2H3. The minimum atomic E-state index is -3.39. The number of rotatable bonds is 6. The number of hydrogen-bond donors (Lipinski definition) is 2. The first kappa shape index (κ1) is 14.2. The van der Waals surface area contributed by atoms with Crippen LogP contribution in [0.2, 0.25) is 0 Å². The molecule has 0 aliphatic rings. The molecule has 4 nitrogen and oxygen atoms in total. The van der Waals surface area contributed by atoms with E-state index >= 15 is 0 Å². The molecule has 0 aliphatic heterocycles. The lowest BCUT2D eigenvalue weighted by atomic mass is 10.0. The molecule has 0 saturated carbocycles. The molecule has 96 valence electrons. The Kier molecular flexibility index (Phi) is 5.11. The zero-order valence-electron chi connectivity index (χ0n) is 10.3. The van der Waals surface area contributed by atoms with Crippen molar-refractivity contribution in [3.63, 3.8) is 0 Å². The highest BCUT2D eigenvalue weighted by Crippen LogP contribution is 2.08. The third-order valence-electron chi connectivity index (χ3n) is 2.68. The van der Waals surface area contributed by atoms with Crippen molar-refractivity contribution in [1.29, 1.82) is 0 Å². The first-order chi connectivity index (χ1) is 7.93. The Balaban J connectivity index is 2.52. The molecular weight excluding hydrogens is 236 g/mol. The molecule has 1 atom stereocenters. The Bertz CT molecular complexity index is 429. The lowest BCUT2D eigenvalue weighted by Gasteiger charge is -2.15. The highest BCUT2D eigenvalue weighted by atomic mass is 32.2. The van der Waals surface area contributed by atoms with E-state index in [4.69, 9.17) is 5.73 Å². The minimum Gasteiger partial charge on any atom is -0.327 e. The second kappa shape index (κ2) is 6.14. The van der Waals surface area contributed by atoms with Crippen molar-refractivity contribution < 1.29 is 8.42 Å². The van der Waals surface area contributed by atoms with Crippen LogP contribution in [0.4, 0.5) is 0 Å². The Hall–Kier alpha value is -0.910. The Morgan fingerprint density at radius 1 is 1.24 bits per heavy atom. The van der Waals surface area contributed by atoms with Crippen LogP contribution in [0.3, 0.4) is 0 Å². The van der Waals surface area contributed by atoms with Gasteiger partial charge in [0.25, 0.3) is 0 Å². The molecule has 0 saturated heterocycles. The van der Waals surface area contributed by atoms with Gasteiger partial charge in [-0.05, 0) is 24.5 Å². The van der Waals surface area contributed by atoms with Gasteiger partial charge in [0.05, 0.1) is 4.90 Å². The lowest BCUT2D eigenvalue weighted by molar-refractivity contribution is 0.461. The summed E-state index contributed by atoms with van der Waals surface area (Å²) >= 11 is 0. The minimum absolute atomic E-state index is 0.0217. The molecule has 3 N–H and O–H groups in total. The summed E-state index contributed by atoms with van der Waals surface area (Å²) < 4.78 is 26.2. The monoisotopic (exact) mass is 256 g/mol. The topological polar surface area (TPSA) is 72.2 Å². The zero-order valence-corrected chi connectivity index (χ0v) is 11.1. The summed E-state index contributed by atoms with van der Waals surface area (Å²) in [5.41, 5.74) is 5.85. The van der Waals surface area contributed by atoms with E-state index in [0.29, 0.717) is 18.9 Å². The van der Waals surface area contributed by atoms with Gasteiger partial charge in [-0.25, -0.2) is 13.1 Å². The number of hydrogen-bond acceptors (Lipinski definition) is 3. The molecule has 0 aliphatic carbocycles. The summed E-state index contributed by atoms with van der Waals surface area (Å²) in [5, 5.41) is 0. The van der Waals surface area contributed by atoms with Gasteiger partial charge in [0.1, 0.15) is 0 Å². The van der Waals surface area contributed by atoms with Gasteiger partial charge >= 0.3 is 0 Å². The van der Waals surface area contributed by atoms with E-state index in [-0.39, 0.29) is 10.9 Å². The van der Waals surface area contributed by atoms with Gasteiger partial charge < -0.3 is 5.73 Å². The van der Waals surface area contributed by atoms with Crippen LogP contribution < -0.4 is 10.5 Å². The fraction of sp³-hybridized carbons (Fsp3) is 0.500. The maximum atomic E-state index is 11.8. The summed E-state index contributed by atoms with van der Waals surface area (Å²) in [7, 11) is -3.39. The summed E-state index contributed by atoms with van der Waals surface area (Å²) in [6.07, 6.45) is 0.643.